The van der Waals surface area contributed by atoms with Crippen LogP contribution in [0.2, 0.25) is 0 Å². The minimum absolute atomic E-state index is 0. The van der Waals surface area contributed by atoms with Crippen LogP contribution in [-0.2, 0) is 62.3 Å². The van der Waals surface area contributed by atoms with Crippen LogP contribution in [-0.4, -0.2) is 52.9 Å². The summed E-state index contributed by atoms with van der Waals surface area (Å²) in [7, 11) is -3.26. The first-order chi connectivity index (χ1) is 52.5. The zero-order valence-electron chi connectivity index (χ0n) is 77.3. The van der Waals surface area contributed by atoms with Crippen molar-refractivity contribution in [2.45, 2.75) is 261 Å². The smallest absolute Gasteiger partial charge is 0.872 e. The SMILES string of the molecule is C1CCOC1.C1CCOC1.C1CCOC1.C1CCOC1.CC(C)(C)c1cc(P(c2ccccc2)c2cc(C(C)(C)C)cc(C(C)(C)C)c2[O-])c([O-])c(C(C)(C)C)c1.CC(C)(C)c1cc([PH+](c2ccccc2)c2cc(C(C)(C)C)cc(C(C)(C)C)c2[O-])c([O-])c(C(C)(C)C)c1.[Li+].[Li+].[Li+].[Li+].c1ccccc1.c1ccccc1.c1ccccc1. The van der Waals surface area contributed by atoms with Crippen LogP contribution in [0.4, 0.5) is 0 Å². The number of hydrogen-bond acceptors (Lipinski definition) is 8. The third-order valence-corrected chi connectivity index (χ3v) is 24.6. The van der Waals surface area contributed by atoms with Crippen LogP contribution in [0.1, 0.15) is 262 Å². The summed E-state index contributed by atoms with van der Waals surface area (Å²) >= 11 is 0. The maximum absolute atomic E-state index is 14.3. The molecule has 610 valence electrons. The second kappa shape index (κ2) is 51.9. The van der Waals surface area contributed by atoms with Crippen molar-refractivity contribution in [1.29, 1.82) is 0 Å². The van der Waals surface area contributed by atoms with Gasteiger partial charge in [0.25, 0.3) is 0 Å². The molecule has 0 N–H and O–H groups in total. The predicted octanol–water partition coefficient (Wildman–Crippen LogP) is 9.56. The van der Waals surface area contributed by atoms with Crippen molar-refractivity contribution < 1.29 is 115 Å². The minimum Gasteiger partial charge on any atom is -0.872 e. The molecule has 0 atom stereocenters. The van der Waals surface area contributed by atoms with Gasteiger partial charge >= 0.3 is 75.4 Å². The van der Waals surface area contributed by atoms with E-state index in [4.69, 9.17) is 18.9 Å². The topological polar surface area (TPSA) is 129 Å². The van der Waals surface area contributed by atoms with E-state index in [9.17, 15) is 20.4 Å². The summed E-state index contributed by atoms with van der Waals surface area (Å²) in [4.78, 5) is 0. The van der Waals surface area contributed by atoms with Gasteiger partial charge in [-0.3, -0.25) is 0 Å². The van der Waals surface area contributed by atoms with Crippen molar-refractivity contribution in [3.8, 4) is 23.0 Å². The van der Waals surface area contributed by atoms with Crippen molar-refractivity contribution >= 4 is 47.7 Å². The van der Waals surface area contributed by atoms with Gasteiger partial charge in [0.2, 0.25) is 0 Å². The summed E-state index contributed by atoms with van der Waals surface area (Å²) in [5.41, 5.74) is 6.06. The summed E-state index contributed by atoms with van der Waals surface area (Å²) in [5, 5.41) is 62.3. The molecule has 4 saturated heterocycles. The molecule has 4 fully saturated rings. The van der Waals surface area contributed by atoms with E-state index in [0.717, 1.165) is 129 Å². The van der Waals surface area contributed by atoms with Gasteiger partial charge in [0.15, 0.2) is 0 Å². The summed E-state index contributed by atoms with van der Waals surface area (Å²) in [5.74, 6) is 0.286. The van der Waals surface area contributed by atoms with E-state index in [2.05, 4.69) is 239 Å². The molecule has 0 amide bonds. The third kappa shape index (κ3) is 37.3. The first kappa shape index (κ1) is 109. The van der Waals surface area contributed by atoms with Gasteiger partial charge in [-0.25, -0.2) is 0 Å². The molecule has 0 aliphatic carbocycles. The molecule has 4 aliphatic rings. The molecule has 0 spiro atoms. The van der Waals surface area contributed by atoms with E-state index >= 15 is 0 Å². The summed E-state index contributed by atoms with van der Waals surface area (Å²) < 4.78 is 19.8. The Bertz CT molecular complexity index is 3540. The fourth-order valence-corrected chi connectivity index (χ4v) is 17.6. The van der Waals surface area contributed by atoms with Gasteiger partial charge in [0.05, 0.1) is 18.5 Å². The molecule has 9 aromatic carbocycles. The zero-order valence-corrected chi connectivity index (χ0v) is 79.2. The maximum Gasteiger partial charge on any atom is 1.00 e. The molecule has 116 heavy (non-hydrogen) atoms. The Morgan fingerprint density at radius 3 is 0.621 bits per heavy atom. The van der Waals surface area contributed by atoms with Crippen LogP contribution in [0.15, 0.2) is 218 Å². The predicted molar refractivity (Wildman–Crippen MR) is 479 cm³/mol. The Balaban J connectivity index is 0.000000772. The Labute approximate surface area is 755 Å². The molecule has 0 saturated carbocycles. The Kier molecular flexibility index (Phi) is 48.9. The van der Waals surface area contributed by atoms with Crippen molar-refractivity contribution in [2.75, 3.05) is 52.9 Å². The number of hydrogen-bond donors (Lipinski definition) is 0. The summed E-state index contributed by atoms with van der Waals surface area (Å²) in [6.07, 6.45) is 10.2. The molecule has 0 radical (unpaired) electrons. The molecule has 0 aromatic heterocycles. The van der Waals surface area contributed by atoms with E-state index in [0.29, 0.717) is 0 Å². The second-order valence-electron chi connectivity index (χ2n) is 37.7. The molecule has 4 aliphatic heterocycles. The molecule has 0 bridgehead atoms. The quantitative estimate of drug-likeness (QED) is 0.119. The van der Waals surface area contributed by atoms with E-state index in [1.807, 2.05) is 146 Å². The monoisotopic (exact) mass is 1580 g/mol. The average Bonchev–Trinajstić information content (AvgIpc) is 0.810. The maximum atomic E-state index is 14.3. The Hall–Kier alpha value is -4.73. The van der Waals surface area contributed by atoms with Gasteiger partial charge in [-0.2, -0.15) is 0 Å². The van der Waals surface area contributed by atoms with Gasteiger partial charge in [0.1, 0.15) is 5.30 Å². The van der Waals surface area contributed by atoms with Crippen molar-refractivity contribution in [2.24, 2.45) is 0 Å². The van der Waals surface area contributed by atoms with Gasteiger partial charge in [-0.05, 0) is 187 Å². The second-order valence-corrected chi connectivity index (χ2v) is 42.3. The van der Waals surface area contributed by atoms with Crippen molar-refractivity contribution in [3.05, 3.63) is 263 Å². The minimum atomic E-state index is -1.89. The number of rotatable bonds is 6. The molecule has 14 heteroatoms. The van der Waals surface area contributed by atoms with Crippen molar-refractivity contribution in [3.63, 3.8) is 0 Å². The molecule has 8 nitrogen and oxygen atoms in total. The van der Waals surface area contributed by atoms with Crippen molar-refractivity contribution in [1.82, 2.24) is 0 Å². The number of ether oxygens (including phenoxy) is 4. The van der Waals surface area contributed by atoms with E-state index < -0.39 is 15.8 Å². The first-order valence-corrected chi connectivity index (χ1v) is 43.8. The molecular formula is C102H141Li4O8P2+. The summed E-state index contributed by atoms with van der Waals surface area (Å²) in [6.45, 7) is 59.5. The van der Waals surface area contributed by atoms with Gasteiger partial charge in [0, 0.05) is 52.9 Å². The fourth-order valence-electron chi connectivity index (χ4n) is 12.4. The zero-order chi connectivity index (χ0) is 83.1. The molecule has 9 aromatic rings. The average molecular weight is 1580 g/mol. The normalized spacial score (nSPS) is 13.9. The molecule has 0 unspecified atom stereocenters. The van der Waals surface area contributed by atoms with Crippen LogP contribution in [0.5, 0.6) is 23.0 Å². The fraction of sp³-hybridized carbons (Fsp3) is 0.471. The van der Waals surface area contributed by atoms with Gasteiger partial charge in [-0.1, -0.05) is 383 Å². The molecule has 4 heterocycles. The van der Waals surface area contributed by atoms with Gasteiger partial charge < -0.3 is 39.4 Å². The molecule has 13 rings (SSSR count). The van der Waals surface area contributed by atoms with Crippen LogP contribution < -0.4 is 128 Å². The first-order valence-electron chi connectivity index (χ1n) is 41.0. The van der Waals surface area contributed by atoms with Crippen LogP contribution in [0.3, 0.4) is 0 Å². The molecular weight excluding hydrogens is 1440 g/mol. The standard InChI is InChI=1S/2C34H47O2P.3C6H6.4C4H8O.4Li/c2*1-31(2,3)22-18-25(33(7,8)9)29(35)27(20-22)37(24-16-14-13-15-17-24)28-21-23(32(4,5)6)19-26(30(28)36)34(10,11)12;3*1-2-4-6-5-3-1;4*1-2-4-5-3-1;;;;/h2*13-21,35-36H,1-12H3;3*1-6H;4*1-4H2;;;;/q;;;;;;;;;4*+1/p-3. The van der Waals surface area contributed by atoms with E-state index in [1.54, 1.807) is 0 Å². The van der Waals surface area contributed by atoms with Crippen LogP contribution in [0.25, 0.3) is 0 Å². The van der Waals surface area contributed by atoms with E-state index in [-0.39, 0.29) is 142 Å². The Morgan fingerprint density at radius 1 is 0.241 bits per heavy atom. The summed E-state index contributed by atoms with van der Waals surface area (Å²) in [6, 6.07) is 73.2. The van der Waals surface area contributed by atoms with E-state index in [1.165, 1.54) is 51.4 Å². The van der Waals surface area contributed by atoms with Crippen LogP contribution >= 0.6 is 15.8 Å². The van der Waals surface area contributed by atoms with Crippen LogP contribution in [0, 0.1) is 0 Å². The van der Waals surface area contributed by atoms with Gasteiger partial charge in [-0.15, -0.1) is 0 Å². The Morgan fingerprint density at radius 2 is 0.431 bits per heavy atom. The largest absolute Gasteiger partial charge is 1.00 e. The number of benzene rings is 9. The third-order valence-electron chi connectivity index (χ3n) is 19.4.